The Kier molecular flexibility index (Phi) is 3.01. The summed E-state index contributed by atoms with van der Waals surface area (Å²) in [5.41, 5.74) is 1.77. The van der Waals surface area contributed by atoms with Crippen LogP contribution in [0.4, 0.5) is 0 Å². The second-order valence-corrected chi connectivity index (χ2v) is 6.94. The highest BCUT2D eigenvalue weighted by Crippen LogP contribution is 2.39. The molecule has 0 bridgehead atoms. The van der Waals surface area contributed by atoms with Gasteiger partial charge in [0.15, 0.2) is 0 Å². The van der Waals surface area contributed by atoms with E-state index in [0.29, 0.717) is 5.52 Å². The van der Waals surface area contributed by atoms with Gasteiger partial charge in [-0.05, 0) is 37.7 Å². The summed E-state index contributed by atoms with van der Waals surface area (Å²) in [4.78, 5) is 15.5. The van der Waals surface area contributed by atoms with Crippen LogP contribution in [0.15, 0.2) is 24.5 Å². The maximum atomic E-state index is 11.2. The van der Waals surface area contributed by atoms with Gasteiger partial charge >= 0.3 is 5.97 Å². The minimum Gasteiger partial charge on any atom is -0.478 e. The lowest BCUT2D eigenvalue weighted by atomic mass is 10.1. The number of rotatable bonds is 3. The van der Waals surface area contributed by atoms with Crippen LogP contribution in [-0.4, -0.2) is 31.1 Å². The van der Waals surface area contributed by atoms with E-state index in [-0.39, 0.29) is 10.3 Å². The van der Waals surface area contributed by atoms with Crippen molar-refractivity contribution < 1.29 is 9.90 Å². The number of hydrogen-bond donors (Lipinski definition) is 1. The van der Waals surface area contributed by atoms with Gasteiger partial charge in [0.1, 0.15) is 5.52 Å². The number of benzene rings is 1. The number of nitrogens with zero attached hydrogens (tertiary/aromatic N) is 2. The fourth-order valence-corrected chi connectivity index (χ4v) is 4.01. The van der Waals surface area contributed by atoms with Crippen LogP contribution in [0.3, 0.4) is 0 Å². The predicted molar refractivity (Wildman–Crippen MR) is 76.8 cm³/mol. The summed E-state index contributed by atoms with van der Waals surface area (Å²) >= 11 is 2.00. The Morgan fingerprint density at radius 2 is 2.42 bits per heavy atom. The van der Waals surface area contributed by atoms with Gasteiger partial charge in [0, 0.05) is 11.3 Å². The number of aromatic carboxylic acids is 1. The van der Waals surface area contributed by atoms with Gasteiger partial charge in [-0.3, -0.25) is 0 Å². The minimum absolute atomic E-state index is 0.243. The third-order valence-electron chi connectivity index (χ3n) is 3.69. The highest BCUT2D eigenvalue weighted by Gasteiger charge is 2.30. The molecule has 4 nitrogen and oxygen atoms in total. The van der Waals surface area contributed by atoms with Gasteiger partial charge in [0.05, 0.1) is 17.4 Å². The lowest BCUT2D eigenvalue weighted by Crippen LogP contribution is -2.23. The molecule has 1 unspecified atom stereocenters. The van der Waals surface area contributed by atoms with Gasteiger partial charge in [-0.15, -0.1) is 0 Å². The molecule has 0 spiro atoms. The van der Waals surface area contributed by atoms with Gasteiger partial charge in [-0.1, -0.05) is 6.07 Å². The predicted octanol–water partition coefficient (Wildman–Crippen LogP) is 3.02. The van der Waals surface area contributed by atoms with Crippen LogP contribution in [0.25, 0.3) is 11.0 Å². The van der Waals surface area contributed by atoms with Crippen LogP contribution in [0, 0.1) is 0 Å². The first-order valence-electron chi connectivity index (χ1n) is 6.40. The number of thioether (sulfide) groups is 1. The zero-order valence-electron chi connectivity index (χ0n) is 10.8. The standard InChI is InChI=1S/C14H16N2O2S/c1-14(6-3-7-19-14)8-16-9-15-12-10(13(17)18)4-2-5-11(12)16/h2,4-5,9H,3,6-8H2,1H3,(H,17,18). The summed E-state index contributed by atoms with van der Waals surface area (Å²) < 4.78 is 2.33. The number of fused-ring (bicyclic) bond motifs is 1. The van der Waals surface area contributed by atoms with Crippen LogP contribution in [0.2, 0.25) is 0 Å². The van der Waals surface area contributed by atoms with E-state index in [1.54, 1.807) is 18.5 Å². The molecule has 1 N–H and O–H groups in total. The van der Waals surface area contributed by atoms with Crippen LogP contribution < -0.4 is 0 Å². The molecule has 0 saturated carbocycles. The third kappa shape index (κ3) is 2.23. The molecule has 1 aliphatic heterocycles. The molecule has 100 valence electrons. The normalized spacial score (nSPS) is 23.0. The zero-order valence-corrected chi connectivity index (χ0v) is 11.6. The first-order chi connectivity index (χ1) is 9.09. The molecule has 0 radical (unpaired) electrons. The summed E-state index contributed by atoms with van der Waals surface area (Å²) in [6.45, 7) is 3.16. The molecular formula is C14H16N2O2S. The van der Waals surface area contributed by atoms with E-state index in [1.165, 1.54) is 18.6 Å². The number of carboxylic acid groups (broad SMARTS) is 1. The average Bonchev–Trinajstić information content (AvgIpc) is 2.97. The maximum absolute atomic E-state index is 11.2. The first kappa shape index (κ1) is 12.5. The number of aromatic nitrogens is 2. The highest BCUT2D eigenvalue weighted by atomic mass is 32.2. The number of imidazole rings is 1. The second kappa shape index (κ2) is 4.56. The Balaban J connectivity index is 2.01. The fourth-order valence-electron chi connectivity index (χ4n) is 2.71. The lowest BCUT2D eigenvalue weighted by molar-refractivity contribution is 0.0699. The van der Waals surface area contributed by atoms with E-state index < -0.39 is 5.97 Å². The fraction of sp³-hybridized carbons (Fsp3) is 0.429. The van der Waals surface area contributed by atoms with Crippen molar-refractivity contribution in [2.45, 2.75) is 31.1 Å². The minimum atomic E-state index is -0.919. The Morgan fingerprint density at radius 3 is 3.11 bits per heavy atom. The van der Waals surface area contributed by atoms with Crippen molar-refractivity contribution in [3.05, 3.63) is 30.1 Å². The molecule has 2 aromatic rings. The van der Waals surface area contributed by atoms with Crippen LogP contribution in [-0.2, 0) is 6.54 Å². The smallest absolute Gasteiger partial charge is 0.337 e. The topological polar surface area (TPSA) is 55.1 Å². The summed E-state index contributed by atoms with van der Waals surface area (Å²) in [5, 5.41) is 9.17. The molecular weight excluding hydrogens is 260 g/mol. The first-order valence-corrected chi connectivity index (χ1v) is 7.39. The molecule has 5 heteroatoms. The summed E-state index contributed by atoms with van der Waals surface area (Å²) in [5.74, 6) is 0.293. The van der Waals surface area contributed by atoms with Gasteiger partial charge in [0.2, 0.25) is 0 Å². The quantitative estimate of drug-likeness (QED) is 0.936. The van der Waals surface area contributed by atoms with Crippen molar-refractivity contribution in [2.24, 2.45) is 0 Å². The third-order valence-corrected chi connectivity index (χ3v) is 5.21. The summed E-state index contributed by atoms with van der Waals surface area (Å²) in [6, 6.07) is 5.33. The highest BCUT2D eigenvalue weighted by molar-refractivity contribution is 8.00. The molecule has 0 amide bonds. The van der Waals surface area contributed by atoms with Gasteiger partial charge in [-0.25, -0.2) is 9.78 Å². The Bertz CT molecular complexity index is 629. The Labute approximate surface area is 115 Å². The van der Waals surface area contributed by atoms with E-state index in [0.717, 1.165) is 12.1 Å². The summed E-state index contributed by atoms with van der Waals surface area (Å²) in [6.07, 6.45) is 4.23. The molecule has 1 atom stereocenters. The molecule has 1 aromatic carbocycles. The largest absolute Gasteiger partial charge is 0.478 e. The molecule has 1 fully saturated rings. The van der Waals surface area contributed by atoms with Gasteiger partial charge < -0.3 is 9.67 Å². The van der Waals surface area contributed by atoms with E-state index >= 15 is 0 Å². The number of para-hydroxylation sites is 1. The van der Waals surface area contributed by atoms with E-state index in [1.807, 2.05) is 17.8 Å². The number of carboxylic acids is 1. The monoisotopic (exact) mass is 276 g/mol. The van der Waals surface area contributed by atoms with Crippen molar-refractivity contribution in [3.63, 3.8) is 0 Å². The summed E-state index contributed by atoms with van der Waals surface area (Å²) in [7, 11) is 0. The van der Waals surface area contributed by atoms with Gasteiger partial charge in [-0.2, -0.15) is 11.8 Å². The molecule has 3 rings (SSSR count). The second-order valence-electron chi connectivity index (χ2n) is 5.25. The van der Waals surface area contributed by atoms with Crippen LogP contribution >= 0.6 is 11.8 Å². The maximum Gasteiger partial charge on any atom is 0.337 e. The van der Waals surface area contributed by atoms with Crippen molar-refractivity contribution in [1.29, 1.82) is 0 Å². The van der Waals surface area contributed by atoms with E-state index in [2.05, 4.69) is 16.5 Å². The molecule has 0 aliphatic carbocycles. The zero-order chi connectivity index (χ0) is 13.5. The SMILES string of the molecule is CC1(Cn2cnc3c(C(=O)O)cccc32)CCCS1. The molecule has 1 aromatic heterocycles. The van der Waals surface area contributed by atoms with Crippen molar-refractivity contribution in [2.75, 3.05) is 5.75 Å². The lowest BCUT2D eigenvalue weighted by Gasteiger charge is -2.23. The molecule has 1 aliphatic rings. The van der Waals surface area contributed by atoms with E-state index in [4.69, 9.17) is 0 Å². The number of hydrogen-bond acceptors (Lipinski definition) is 3. The average molecular weight is 276 g/mol. The van der Waals surface area contributed by atoms with Gasteiger partial charge in [0.25, 0.3) is 0 Å². The Hall–Kier alpha value is -1.49. The van der Waals surface area contributed by atoms with Crippen molar-refractivity contribution in [1.82, 2.24) is 9.55 Å². The number of carbonyl (C=O) groups is 1. The molecule has 19 heavy (non-hydrogen) atoms. The molecule has 1 saturated heterocycles. The molecule has 2 heterocycles. The van der Waals surface area contributed by atoms with Crippen molar-refractivity contribution in [3.8, 4) is 0 Å². The van der Waals surface area contributed by atoms with E-state index in [9.17, 15) is 9.90 Å². The van der Waals surface area contributed by atoms with Crippen LogP contribution in [0.1, 0.15) is 30.1 Å². The Morgan fingerprint density at radius 1 is 1.58 bits per heavy atom. The van der Waals surface area contributed by atoms with Crippen LogP contribution in [0.5, 0.6) is 0 Å². The van der Waals surface area contributed by atoms with Crippen molar-refractivity contribution >= 4 is 28.8 Å².